The summed E-state index contributed by atoms with van der Waals surface area (Å²) in [6.45, 7) is 6.83. The molecule has 0 bridgehead atoms. The van der Waals surface area contributed by atoms with Crippen LogP contribution in [0, 0.1) is 5.92 Å². The number of nitrogens with zero attached hydrogens (tertiary/aromatic N) is 1. The number of para-hydroxylation sites is 2. The number of hydrogen-bond acceptors (Lipinski definition) is 4. The van der Waals surface area contributed by atoms with Crippen LogP contribution in [-0.4, -0.2) is 43.1 Å². The molecule has 1 aliphatic heterocycles. The SMILES string of the molecule is CCOc1ccccc1NC(=O)CN1CCCC(C(C)N)C1.Cl. The highest BCUT2D eigenvalue weighted by atomic mass is 35.5. The van der Waals surface area contributed by atoms with Crippen molar-refractivity contribution in [1.29, 1.82) is 0 Å². The zero-order valence-corrected chi connectivity index (χ0v) is 14.8. The van der Waals surface area contributed by atoms with E-state index < -0.39 is 0 Å². The van der Waals surface area contributed by atoms with Gasteiger partial charge in [-0.1, -0.05) is 12.1 Å². The Balaban J connectivity index is 0.00000264. The van der Waals surface area contributed by atoms with Crippen LogP contribution in [0.4, 0.5) is 5.69 Å². The fourth-order valence-corrected chi connectivity index (χ4v) is 2.91. The lowest BCUT2D eigenvalue weighted by Crippen LogP contribution is -2.45. The first-order valence-electron chi connectivity index (χ1n) is 8.09. The Morgan fingerprint density at radius 1 is 1.48 bits per heavy atom. The van der Waals surface area contributed by atoms with E-state index in [-0.39, 0.29) is 24.4 Å². The zero-order valence-electron chi connectivity index (χ0n) is 14.0. The average molecular weight is 342 g/mol. The molecule has 0 spiro atoms. The second-order valence-electron chi connectivity index (χ2n) is 5.97. The third kappa shape index (κ3) is 6.01. The predicted molar refractivity (Wildman–Crippen MR) is 96.3 cm³/mol. The van der Waals surface area contributed by atoms with Crippen molar-refractivity contribution < 1.29 is 9.53 Å². The van der Waals surface area contributed by atoms with Crippen LogP contribution in [0.1, 0.15) is 26.7 Å². The number of halogens is 1. The van der Waals surface area contributed by atoms with Crippen molar-refractivity contribution in [2.75, 3.05) is 31.6 Å². The molecule has 6 heteroatoms. The van der Waals surface area contributed by atoms with Crippen LogP contribution in [0.15, 0.2) is 24.3 Å². The number of carbonyl (C=O) groups excluding carboxylic acids is 1. The standard InChI is InChI=1S/C17H27N3O2.ClH/c1-3-22-16-9-5-4-8-15(16)19-17(21)12-20-10-6-7-14(11-20)13(2)18;/h4-5,8-9,13-14H,3,6-7,10-12,18H2,1-2H3,(H,19,21);1H. The maximum atomic E-state index is 12.3. The van der Waals surface area contributed by atoms with Crippen molar-refractivity contribution in [3.05, 3.63) is 24.3 Å². The zero-order chi connectivity index (χ0) is 15.9. The fraction of sp³-hybridized carbons (Fsp3) is 0.588. The number of hydrogen-bond donors (Lipinski definition) is 2. The maximum Gasteiger partial charge on any atom is 0.238 e. The molecule has 23 heavy (non-hydrogen) atoms. The van der Waals surface area contributed by atoms with Crippen LogP contribution >= 0.6 is 12.4 Å². The van der Waals surface area contributed by atoms with Crippen molar-refractivity contribution in [1.82, 2.24) is 4.90 Å². The van der Waals surface area contributed by atoms with Crippen LogP contribution in [0.2, 0.25) is 0 Å². The van der Waals surface area contributed by atoms with Crippen LogP contribution in [0.3, 0.4) is 0 Å². The number of ether oxygens (including phenoxy) is 1. The molecule has 5 nitrogen and oxygen atoms in total. The lowest BCUT2D eigenvalue weighted by molar-refractivity contribution is -0.117. The number of likely N-dealkylation sites (tertiary alicyclic amines) is 1. The molecule has 1 heterocycles. The maximum absolute atomic E-state index is 12.3. The van der Waals surface area contributed by atoms with Crippen molar-refractivity contribution in [3.8, 4) is 5.75 Å². The number of nitrogens with two attached hydrogens (primary N) is 1. The Bertz CT molecular complexity index is 496. The number of piperidine rings is 1. The van der Waals surface area contributed by atoms with E-state index in [4.69, 9.17) is 10.5 Å². The summed E-state index contributed by atoms with van der Waals surface area (Å²) >= 11 is 0. The van der Waals surface area contributed by atoms with Gasteiger partial charge in [-0.3, -0.25) is 9.69 Å². The molecule has 1 saturated heterocycles. The number of carbonyl (C=O) groups is 1. The van der Waals surface area contributed by atoms with Crippen molar-refractivity contribution in [2.45, 2.75) is 32.7 Å². The lowest BCUT2D eigenvalue weighted by Gasteiger charge is -2.34. The summed E-state index contributed by atoms with van der Waals surface area (Å²) in [6.07, 6.45) is 2.26. The molecular formula is C17H28ClN3O2. The summed E-state index contributed by atoms with van der Waals surface area (Å²) in [5.74, 6) is 1.19. The Morgan fingerprint density at radius 3 is 2.91 bits per heavy atom. The Kier molecular flexibility index (Phi) is 8.37. The normalized spacial score (nSPS) is 19.5. The Labute approximate surface area is 145 Å². The molecule has 2 rings (SSSR count). The Morgan fingerprint density at radius 2 is 2.22 bits per heavy atom. The third-order valence-corrected chi connectivity index (χ3v) is 4.11. The van der Waals surface area contributed by atoms with Gasteiger partial charge in [0.2, 0.25) is 5.91 Å². The van der Waals surface area contributed by atoms with Gasteiger partial charge in [0.25, 0.3) is 0 Å². The largest absolute Gasteiger partial charge is 0.492 e. The molecule has 2 atom stereocenters. The highest BCUT2D eigenvalue weighted by Gasteiger charge is 2.24. The molecule has 1 aromatic carbocycles. The number of nitrogens with one attached hydrogen (secondary N) is 1. The summed E-state index contributed by atoms with van der Waals surface area (Å²) in [5.41, 5.74) is 6.72. The molecule has 1 amide bonds. The summed E-state index contributed by atoms with van der Waals surface area (Å²) in [4.78, 5) is 14.5. The van der Waals surface area contributed by atoms with Gasteiger partial charge in [0.05, 0.1) is 18.8 Å². The molecule has 1 fully saturated rings. The lowest BCUT2D eigenvalue weighted by atomic mass is 9.92. The number of anilines is 1. The van der Waals surface area contributed by atoms with E-state index in [0.717, 1.165) is 31.6 Å². The van der Waals surface area contributed by atoms with Gasteiger partial charge in [-0.2, -0.15) is 0 Å². The van der Waals surface area contributed by atoms with Gasteiger partial charge in [-0.25, -0.2) is 0 Å². The van der Waals surface area contributed by atoms with Gasteiger partial charge in [-0.15, -0.1) is 12.4 Å². The molecule has 0 radical (unpaired) electrons. The predicted octanol–water partition coefficient (Wildman–Crippen LogP) is 2.50. The third-order valence-electron chi connectivity index (χ3n) is 4.11. The van der Waals surface area contributed by atoms with Crippen LogP contribution in [-0.2, 0) is 4.79 Å². The minimum Gasteiger partial charge on any atom is -0.492 e. The molecule has 1 aliphatic rings. The molecule has 3 N–H and O–H groups in total. The van der Waals surface area contributed by atoms with Crippen LogP contribution < -0.4 is 15.8 Å². The van der Waals surface area contributed by atoms with Gasteiger partial charge in [0, 0.05) is 12.6 Å². The fourth-order valence-electron chi connectivity index (χ4n) is 2.91. The topological polar surface area (TPSA) is 67.6 Å². The molecule has 2 unspecified atom stereocenters. The van der Waals surface area contributed by atoms with Crippen molar-refractivity contribution >= 4 is 24.0 Å². The summed E-state index contributed by atoms with van der Waals surface area (Å²) in [6, 6.07) is 7.71. The van der Waals surface area contributed by atoms with E-state index in [1.165, 1.54) is 0 Å². The Hall–Kier alpha value is -1.30. The molecule has 130 valence electrons. The minimum atomic E-state index is -0.00234. The minimum absolute atomic E-state index is 0. The van der Waals surface area contributed by atoms with E-state index in [1.807, 2.05) is 38.1 Å². The number of rotatable bonds is 6. The summed E-state index contributed by atoms with van der Waals surface area (Å²) in [5, 5.41) is 2.95. The van der Waals surface area contributed by atoms with Crippen molar-refractivity contribution in [3.63, 3.8) is 0 Å². The van der Waals surface area contributed by atoms with E-state index in [1.54, 1.807) is 0 Å². The van der Waals surface area contributed by atoms with E-state index in [9.17, 15) is 4.79 Å². The summed E-state index contributed by atoms with van der Waals surface area (Å²) in [7, 11) is 0. The molecule has 1 aromatic rings. The number of amides is 1. The molecule has 0 aromatic heterocycles. The highest BCUT2D eigenvalue weighted by Crippen LogP contribution is 2.24. The second-order valence-corrected chi connectivity index (χ2v) is 5.97. The van der Waals surface area contributed by atoms with Crippen molar-refractivity contribution in [2.24, 2.45) is 11.7 Å². The van der Waals surface area contributed by atoms with E-state index >= 15 is 0 Å². The van der Waals surface area contributed by atoms with Gasteiger partial charge >= 0.3 is 0 Å². The van der Waals surface area contributed by atoms with Gasteiger partial charge in [0.1, 0.15) is 5.75 Å². The second kappa shape index (κ2) is 9.75. The smallest absolute Gasteiger partial charge is 0.238 e. The van der Waals surface area contributed by atoms with Crippen LogP contribution in [0.5, 0.6) is 5.75 Å². The van der Waals surface area contributed by atoms with Gasteiger partial charge in [0.15, 0.2) is 0 Å². The number of benzene rings is 1. The highest BCUT2D eigenvalue weighted by molar-refractivity contribution is 5.93. The average Bonchev–Trinajstić information content (AvgIpc) is 2.49. The molecular weight excluding hydrogens is 314 g/mol. The van der Waals surface area contributed by atoms with Crippen LogP contribution in [0.25, 0.3) is 0 Å². The van der Waals surface area contributed by atoms with Gasteiger partial charge < -0.3 is 15.8 Å². The first kappa shape index (κ1) is 19.7. The van der Waals surface area contributed by atoms with E-state index in [0.29, 0.717) is 24.8 Å². The molecule has 0 saturated carbocycles. The molecule has 0 aliphatic carbocycles. The first-order chi connectivity index (χ1) is 10.6. The quantitative estimate of drug-likeness (QED) is 0.834. The van der Waals surface area contributed by atoms with E-state index in [2.05, 4.69) is 10.2 Å². The monoisotopic (exact) mass is 341 g/mol. The van der Waals surface area contributed by atoms with Gasteiger partial charge in [-0.05, 0) is 51.3 Å². The summed E-state index contributed by atoms with van der Waals surface area (Å²) < 4.78 is 5.53. The first-order valence-corrected chi connectivity index (χ1v) is 8.09.